The van der Waals surface area contributed by atoms with Crippen LogP contribution in [-0.2, 0) is 0 Å². The van der Waals surface area contributed by atoms with Gasteiger partial charge in [0.1, 0.15) is 0 Å². The summed E-state index contributed by atoms with van der Waals surface area (Å²) in [5.74, 6) is -1.54. The summed E-state index contributed by atoms with van der Waals surface area (Å²) in [5, 5.41) is 19.0. The fourth-order valence-corrected chi connectivity index (χ4v) is 1.58. The first-order valence-electron chi connectivity index (χ1n) is 4.33. The van der Waals surface area contributed by atoms with Crippen LogP contribution in [0, 0.1) is 0 Å². The second-order valence-corrected chi connectivity index (χ2v) is 3.35. The van der Waals surface area contributed by atoms with Crippen LogP contribution < -0.4 is 0 Å². The van der Waals surface area contributed by atoms with Crippen LogP contribution in [0.4, 0.5) is 0 Å². The lowest BCUT2D eigenvalue weighted by molar-refractivity contribution is -0.126. The van der Waals surface area contributed by atoms with Crippen LogP contribution in [0.1, 0.15) is 33.1 Å². The molecular formula is C10H16O2. The predicted octanol–water partition coefficient (Wildman–Crippen LogP) is 1.74. The molecule has 12 heavy (non-hydrogen) atoms. The molecule has 0 aromatic carbocycles. The molecule has 68 valence electrons. The van der Waals surface area contributed by atoms with Crippen molar-refractivity contribution in [2.24, 2.45) is 0 Å². The summed E-state index contributed by atoms with van der Waals surface area (Å²) >= 11 is 0. The van der Waals surface area contributed by atoms with E-state index in [4.69, 9.17) is 0 Å². The number of hydrogen-bond donors (Lipinski definition) is 2. The minimum absolute atomic E-state index is 0.450. The molecule has 1 rings (SSSR count). The Bertz CT molecular complexity index is 224. The van der Waals surface area contributed by atoms with Crippen LogP contribution in [-0.4, -0.2) is 16.0 Å². The van der Waals surface area contributed by atoms with Gasteiger partial charge < -0.3 is 10.2 Å². The smallest absolute Gasteiger partial charge is 0.186 e. The SMILES string of the molecule is CC=CCC1=C(C)CCC1(O)O. The topological polar surface area (TPSA) is 40.5 Å². The molecule has 2 N–H and O–H groups in total. The zero-order valence-electron chi connectivity index (χ0n) is 7.67. The lowest BCUT2D eigenvalue weighted by atomic mass is 10.0. The van der Waals surface area contributed by atoms with Crippen LogP contribution in [0.2, 0.25) is 0 Å². The van der Waals surface area contributed by atoms with Gasteiger partial charge in [-0.25, -0.2) is 0 Å². The van der Waals surface area contributed by atoms with Crippen LogP contribution in [0.25, 0.3) is 0 Å². The van der Waals surface area contributed by atoms with Gasteiger partial charge in [0.05, 0.1) is 0 Å². The number of hydrogen-bond acceptors (Lipinski definition) is 2. The fourth-order valence-electron chi connectivity index (χ4n) is 1.58. The molecule has 2 heteroatoms. The molecular weight excluding hydrogens is 152 g/mol. The Morgan fingerprint density at radius 1 is 1.50 bits per heavy atom. The van der Waals surface area contributed by atoms with Gasteiger partial charge in [0.15, 0.2) is 5.79 Å². The van der Waals surface area contributed by atoms with Gasteiger partial charge in [-0.15, -0.1) is 0 Å². The molecule has 0 saturated heterocycles. The molecule has 0 aliphatic heterocycles. The van der Waals surface area contributed by atoms with E-state index >= 15 is 0 Å². The minimum atomic E-state index is -1.54. The van der Waals surface area contributed by atoms with Crippen molar-refractivity contribution in [1.29, 1.82) is 0 Å². The van der Waals surface area contributed by atoms with E-state index in [9.17, 15) is 10.2 Å². The molecule has 0 saturated carbocycles. The molecule has 0 aromatic heterocycles. The van der Waals surface area contributed by atoms with Gasteiger partial charge in [0.25, 0.3) is 0 Å². The molecule has 0 fully saturated rings. The third-order valence-electron chi connectivity index (χ3n) is 2.40. The number of aliphatic hydroxyl groups is 2. The van der Waals surface area contributed by atoms with E-state index in [0.29, 0.717) is 12.8 Å². The third-order valence-corrected chi connectivity index (χ3v) is 2.40. The van der Waals surface area contributed by atoms with Crippen molar-refractivity contribution in [3.8, 4) is 0 Å². The Labute approximate surface area is 73.2 Å². The molecule has 0 spiro atoms. The average Bonchev–Trinajstić information content (AvgIpc) is 2.24. The Balaban J connectivity index is 2.76. The predicted molar refractivity (Wildman–Crippen MR) is 48.5 cm³/mol. The lowest BCUT2D eigenvalue weighted by Crippen LogP contribution is -2.26. The van der Waals surface area contributed by atoms with Crippen molar-refractivity contribution < 1.29 is 10.2 Å². The van der Waals surface area contributed by atoms with Crippen LogP contribution in [0.15, 0.2) is 23.3 Å². The maximum atomic E-state index is 9.52. The van der Waals surface area contributed by atoms with E-state index in [1.54, 1.807) is 0 Å². The molecule has 1 aliphatic rings. The van der Waals surface area contributed by atoms with Crippen molar-refractivity contribution in [2.45, 2.75) is 38.9 Å². The van der Waals surface area contributed by atoms with Crippen molar-refractivity contribution in [3.63, 3.8) is 0 Å². The first kappa shape index (κ1) is 9.49. The Kier molecular flexibility index (Phi) is 2.70. The quantitative estimate of drug-likeness (QED) is 0.487. The maximum Gasteiger partial charge on any atom is 0.186 e. The van der Waals surface area contributed by atoms with E-state index in [-0.39, 0.29) is 0 Å². The van der Waals surface area contributed by atoms with Gasteiger partial charge in [-0.1, -0.05) is 17.7 Å². The third kappa shape index (κ3) is 1.76. The highest BCUT2D eigenvalue weighted by Crippen LogP contribution is 2.35. The zero-order valence-corrected chi connectivity index (χ0v) is 7.67. The van der Waals surface area contributed by atoms with Crippen molar-refractivity contribution in [2.75, 3.05) is 0 Å². The summed E-state index contributed by atoms with van der Waals surface area (Å²) in [6.07, 6.45) is 5.79. The second kappa shape index (κ2) is 3.42. The van der Waals surface area contributed by atoms with E-state index in [1.165, 1.54) is 0 Å². The highest BCUT2D eigenvalue weighted by atomic mass is 16.5. The van der Waals surface area contributed by atoms with E-state index in [1.807, 2.05) is 26.0 Å². The van der Waals surface area contributed by atoms with Crippen molar-refractivity contribution in [3.05, 3.63) is 23.3 Å². The van der Waals surface area contributed by atoms with Crippen molar-refractivity contribution >= 4 is 0 Å². The summed E-state index contributed by atoms with van der Waals surface area (Å²) in [6, 6.07) is 0. The maximum absolute atomic E-state index is 9.52. The van der Waals surface area contributed by atoms with Gasteiger partial charge in [-0.3, -0.25) is 0 Å². The molecule has 0 heterocycles. The molecule has 0 aromatic rings. The van der Waals surface area contributed by atoms with Gasteiger partial charge in [0, 0.05) is 6.42 Å². The Hall–Kier alpha value is -0.600. The summed E-state index contributed by atoms with van der Waals surface area (Å²) in [6.45, 7) is 3.90. The molecule has 2 nitrogen and oxygen atoms in total. The van der Waals surface area contributed by atoms with E-state index < -0.39 is 5.79 Å². The fraction of sp³-hybridized carbons (Fsp3) is 0.600. The Morgan fingerprint density at radius 2 is 2.17 bits per heavy atom. The first-order chi connectivity index (χ1) is 5.58. The van der Waals surface area contributed by atoms with Crippen molar-refractivity contribution in [1.82, 2.24) is 0 Å². The number of allylic oxidation sites excluding steroid dienone is 3. The standard InChI is InChI=1S/C10H16O2/c1-3-4-5-9-8(2)6-7-10(9,11)12/h3-4,11-12H,5-7H2,1-2H3. The van der Waals surface area contributed by atoms with Crippen LogP contribution in [0.3, 0.4) is 0 Å². The molecule has 0 amide bonds. The zero-order chi connectivity index (χ0) is 9.19. The largest absolute Gasteiger partial charge is 0.362 e. The Morgan fingerprint density at radius 3 is 2.58 bits per heavy atom. The normalized spacial score (nSPS) is 22.7. The highest BCUT2D eigenvalue weighted by molar-refractivity contribution is 5.27. The molecule has 0 unspecified atom stereocenters. The molecule has 0 radical (unpaired) electrons. The lowest BCUT2D eigenvalue weighted by Gasteiger charge is -2.18. The summed E-state index contributed by atoms with van der Waals surface area (Å²) in [5.41, 5.74) is 1.90. The van der Waals surface area contributed by atoms with Crippen LogP contribution in [0.5, 0.6) is 0 Å². The minimum Gasteiger partial charge on any atom is -0.362 e. The highest BCUT2D eigenvalue weighted by Gasteiger charge is 2.34. The summed E-state index contributed by atoms with van der Waals surface area (Å²) < 4.78 is 0. The van der Waals surface area contributed by atoms with Gasteiger partial charge in [-0.05, 0) is 32.3 Å². The second-order valence-electron chi connectivity index (χ2n) is 3.35. The molecule has 0 atom stereocenters. The molecule has 0 bridgehead atoms. The van der Waals surface area contributed by atoms with E-state index in [2.05, 4.69) is 0 Å². The van der Waals surface area contributed by atoms with Crippen LogP contribution >= 0.6 is 0 Å². The monoisotopic (exact) mass is 168 g/mol. The van der Waals surface area contributed by atoms with Gasteiger partial charge in [0.2, 0.25) is 0 Å². The van der Waals surface area contributed by atoms with Gasteiger partial charge >= 0.3 is 0 Å². The average molecular weight is 168 g/mol. The van der Waals surface area contributed by atoms with E-state index in [0.717, 1.165) is 17.6 Å². The summed E-state index contributed by atoms with van der Waals surface area (Å²) in [4.78, 5) is 0. The molecule has 1 aliphatic carbocycles. The van der Waals surface area contributed by atoms with Gasteiger partial charge in [-0.2, -0.15) is 0 Å². The first-order valence-corrected chi connectivity index (χ1v) is 4.33. The number of rotatable bonds is 2. The summed E-state index contributed by atoms with van der Waals surface area (Å²) in [7, 11) is 0.